The zero-order valence-corrected chi connectivity index (χ0v) is 14.5. The average Bonchev–Trinajstić information content (AvgIpc) is 2.34. The molecule has 0 spiro atoms. The van der Waals surface area contributed by atoms with Crippen molar-refractivity contribution in [3.63, 3.8) is 0 Å². The Morgan fingerprint density at radius 1 is 1.29 bits per heavy atom. The Hall–Kier alpha value is -0.810. The number of hydrogen-bond acceptors (Lipinski definition) is 3. The number of likely N-dealkylation sites (tertiary alicyclic amines) is 1. The predicted octanol–water partition coefficient (Wildman–Crippen LogP) is 1.42. The van der Waals surface area contributed by atoms with Gasteiger partial charge in [0.05, 0.1) is 6.54 Å². The summed E-state index contributed by atoms with van der Waals surface area (Å²) < 4.78 is 0. The van der Waals surface area contributed by atoms with Crippen molar-refractivity contribution in [2.45, 2.75) is 40.0 Å². The molecular formula is C15H30ClN3O2. The van der Waals surface area contributed by atoms with Crippen molar-refractivity contribution in [3.05, 3.63) is 0 Å². The van der Waals surface area contributed by atoms with Crippen LogP contribution < -0.4 is 10.6 Å². The Kier molecular flexibility index (Phi) is 8.90. The molecule has 1 saturated heterocycles. The average molecular weight is 320 g/mol. The SMILES string of the molecule is CNCC1CCCN(C(=O)CNC(=O)CC(C)(C)C)C1.Cl. The monoisotopic (exact) mass is 319 g/mol. The summed E-state index contributed by atoms with van der Waals surface area (Å²) in [6, 6.07) is 0. The number of hydrogen-bond donors (Lipinski definition) is 2. The Labute approximate surface area is 134 Å². The number of piperidine rings is 1. The summed E-state index contributed by atoms with van der Waals surface area (Å²) in [5, 5.41) is 5.90. The van der Waals surface area contributed by atoms with Gasteiger partial charge in [0, 0.05) is 19.5 Å². The number of rotatable bonds is 5. The highest BCUT2D eigenvalue weighted by Gasteiger charge is 2.23. The molecular weight excluding hydrogens is 290 g/mol. The van der Waals surface area contributed by atoms with Crippen LogP contribution in [0.2, 0.25) is 0 Å². The van der Waals surface area contributed by atoms with E-state index in [-0.39, 0.29) is 36.2 Å². The first-order valence-electron chi connectivity index (χ1n) is 7.51. The van der Waals surface area contributed by atoms with E-state index in [1.54, 1.807) is 0 Å². The molecule has 1 unspecified atom stereocenters. The fourth-order valence-corrected chi connectivity index (χ4v) is 2.58. The highest BCUT2D eigenvalue weighted by molar-refractivity contribution is 5.85. The lowest BCUT2D eigenvalue weighted by atomic mass is 9.92. The predicted molar refractivity (Wildman–Crippen MR) is 87.6 cm³/mol. The molecule has 0 radical (unpaired) electrons. The smallest absolute Gasteiger partial charge is 0.241 e. The molecule has 0 saturated carbocycles. The highest BCUT2D eigenvalue weighted by atomic mass is 35.5. The standard InChI is InChI=1S/C15H29N3O2.ClH/c1-15(2,3)8-13(19)17-10-14(20)18-7-5-6-12(11-18)9-16-4;/h12,16H,5-11H2,1-4H3,(H,17,19);1H. The lowest BCUT2D eigenvalue weighted by molar-refractivity contribution is -0.134. The highest BCUT2D eigenvalue weighted by Crippen LogP contribution is 2.18. The van der Waals surface area contributed by atoms with Gasteiger partial charge < -0.3 is 15.5 Å². The second kappa shape index (κ2) is 9.26. The van der Waals surface area contributed by atoms with E-state index in [0.717, 1.165) is 26.1 Å². The topological polar surface area (TPSA) is 61.4 Å². The summed E-state index contributed by atoms with van der Waals surface area (Å²) >= 11 is 0. The van der Waals surface area contributed by atoms with Gasteiger partial charge in [0.1, 0.15) is 0 Å². The van der Waals surface area contributed by atoms with E-state index >= 15 is 0 Å². The minimum absolute atomic E-state index is 0. The van der Waals surface area contributed by atoms with Crippen molar-refractivity contribution in [2.24, 2.45) is 11.3 Å². The number of carbonyl (C=O) groups is 2. The van der Waals surface area contributed by atoms with Gasteiger partial charge in [-0.1, -0.05) is 20.8 Å². The minimum Gasteiger partial charge on any atom is -0.347 e. The van der Waals surface area contributed by atoms with Crippen LogP contribution in [-0.2, 0) is 9.59 Å². The van der Waals surface area contributed by atoms with Crippen molar-refractivity contribution in [3.8, 4) is 0 Å². The lowest BCUT2D eigenvalue weighted by Crippen LogP contribution is -2.46. The van der Waals surface area contributed by atoms with Gasteiger partial charge in [0.25, 0.3) is 0 Å². The summed E-state index contributed by atoms with van der Waals surface area (Å²) in [6.07, 6.45) is 2.66. The molecule has 5 nitrogen and oxygen atoms in total. The van der Waals surface area contributed by atoms with Crippen LogP contribution in [0, 0.1) is 11.3 Å². The molecule has 2 amide bonds. The van der Waals surface area contributed by atoms with Gasteiger partial charge >= 0.3 is 0 Å². The van der Waals surface area contributed by atoms with Crippen LogP contribution in [0.1, 0.15) is 40.0 Å². The van der Waals surface area contributed by atoms with Gasteiger partial charge in [-0.3, -0.25) is 9.59 Å². The summed E-state index contributed by atoms with van der Waals surface area (Å²) in [5.74, 6) is 0.519. The van der Waals surface area contributed by atoms with Gasteiger partial charge in [-0.15, -0.1) is 12.4 Å². The van der Waals surface area contributed by atoms with E-state index in [9.17, 15) is 9.59 Å². The van der Waals surface area contributed by atoms with E-state index in [1.807, 2.05) is 32.7 Å². The summed E-state index contributed by atoms with van der Waals surface area (Å²) in [7, 11) is 1.94. The third-order valence-electron chi connectivity index (χ3n) is 3.49. The molecule has 1 heterocycles. The number of nitrogens with one attached hydrogen (secondary N) is 2. The minimum atomic E-state index is -0.0466. The van der Waals surface area contributed by atoms with Gasteiger partial charge in [0.2, 0.25) is 11.8 Å². The van der Waals surface area contributed by atoms with E-state index in [4.69, 9.17) is 0 Å². The zero-order valence-electron chi connectivity index (χ0n) is 13.7. The third-order valence-corrected chi connectivity index (χ3v) is 3.49. The normalized spacial score (nSPS) is 18.9. The van der Waals surface area contributed by atoms with Crippen LogP contribution in [0.4, 0.5) is 0 Å². The molecule has 2 N–H and O–H groups in total. The van der Waals surface area contributed by atoms with Gasteiger partial charge in [-0.25, -0.2) is 0 Å². The molecule has 1 rings (SSSR count). The number of amides is 2. The molecule has 6 heteroatoms. The maximum Gasteiger partial charge on any atom is 0.241 e. The maximum absolute atomic E-state index is 12.1. The molecule has 0 bridgehead atoms. The molecule has 0 aromatic rings. The third kappa shape index (κ3) is 8.27. The van der Waals surface area contributed by atoms with Crippen molar-refractivity contribution in [1.82, 2.24) is 15.5 Å². The van der Waals surface area contributed by atoms with Gasteiger partial charge in [0.15, 0.2) is 0 Å². The van der Waals surface area contributed by atoms with Crippen LogP contribution in [0.5, 0.6) is 0 Å². The molecule has 1 atom stereocenters. The van der Waals surface area contributed by atoms with Crippen molar-refractivity contribution < 1.29 is 9.59 Å². The van der Waals surface area contributed by atoms with Crippen LogP contribution in [-0.4, -0.2) is 49.9 Å². The summed E-state index contributed by atoms with van der Waals surface area (Å²) in [5.41, 5.74) is -0.0455. The maximum atomic E-state index is 12.1. The number of carbonyl (C=O) groups excluding carboxylic acids is 2. The van der Waals surface area contributed by atoms with Crippen LogP contribution >= 0.6 is 12.4 Å². The zero-order chi connectivity index (χ0) is 15.2. The Morgan fingerprint density at radius 2 is 1.95 bits per heavy atom. The lowest BCUT2D eigenvalue weighted by Gasteiger charge is -2.32. The van der Waals surface area contributed by atoms with Gasteiger partial charge in [-0.05, 0) is 37.8 Å². The van der Waals surface area contributed by atoms with Crippen LogP contribution in [0.15, 0.2) is 0 Å². The summed E-state index contributed by atoms with van der Waals surface area (Å²) in [4.78, 5) is 25.7. The molecule has 0 aromatic heterocycles. The largest absolute Gasteiger partial charge is 0.347 e. The molecule has 124 valence electrons. The molecule has 0 aliphatic carbocycles. The second-order valence-corrected chi connectivity index (χ2v) is 6.92. The van der Waals surface area contributed by atoms with Crippen LogP contribution in [0.25, 0.3) is 0 Å². The summed E-state index contributed by atoms with van der Waals surface area (Å²) in [6.45, 7) is 8.73. The Bertz CT molecular complexity index is 340. The van der Waals surface area contributed by atoms with Crippen molar-refractivity contribution in [1.29, 1.82) is 0 Å². The molecule has 0 aromatic carbocycles. The van der Waals surface area contributed by atoms with Crippen molar-refractivity contribution >= 4 is 24.2 Å². The first kappa shape index (κ1) is 20.2. The second-order valence-electron chi connectivity index (χ2n) is 6.92. The first-order valence-corrected chi connectivity index (χ1v) is 7.51. The van der Waals surface area contributed by atoms with E-state index in [0.29, 0.717) is 12.3 Å². The molecule has 21 heavy (non-hydrogen) atoms. The number of halogens is 1. The Morgan fingerprint density at radius 3 is 2.52 bits per heavy atom. The molecule has 1 fully saturated rings. The van der Waals surface area contributed by atoms with E-state index in [1.165, 1.54) is 6.42 Å². The first-order chi connectivity index (χ1) is 9.31. The van der Waals surface area contributed by atoms with Crippen molar-refractivity contribution in [2.75, 3.05) is 33.2 Å². The molecule has 1 aliphatic heterocycles. The molecule has 1 aliphatic rings. The quantitative estimate of drug-likeness (QED) is 0.805. The fraction of sp³-hybridized carbons (Fsp3) is 0.867. The number of nitrogens with zero attached hydrogens (tertiary/aromatic N) is 1. The Balaban J connectivity index is 0.00000400. The van der Waals surface area contributed by atoms with E-state index < -0.39 is 0 Å². The van der Waals surface area contributed by atoms with Gasteiger partial charge in [-0.2, -0.15) is 0 Å². The fourth-order valence-electron chi connectivity index (χ4n) is 2.58. The van der Waals surface area contributed by atoms with E-state index in [2.05, 4.69) is 10.6 Å². The van der Waals surface area contributed by atoms with Crippen LogP contribution in [0.3, 0.4) is 0 Å².